The third-order valence-corrected chi connectivity index (χ3v) is 4.21. The zero-order valence-electron chi connectivity index (χ0n) is 12.6. The van der Waals surface area contributed by atoms with E-state index in [0.29, 0.717) is 11.1 Å². The Kier molecular flexibility index (Phi) is 4.58. The van der Waals surface area contributed by atoms with Crippen LogP contribution in [-0.2, 0) is 0 Å². The predicted octanol–water partition coefficient (Wildman–Crippen LogP) is 5.36. The molecular weight excluding hydrogens is 352 g/mol. The molecule has 3 rings (SSSR count). The number of methoxy groups -OCH3 is 1. The average Bonchev–Trinajstić information content (AvgIpc) is 2.62. The molecule has 0 unspecified atom stereocenters. The van der Waals surface area contributed by atoms with E-state index in [1.807, 2.05) is 48.5 Å². The molecule has 0 bridgehead atoms. The van der Waals surface area contributed by atoms with Crippen LogP contribution in [0.1, 0.15) is 15.9 Å². The van der Waals surface area contributed by atoms with Crippen LogP contribution in [0.15, 0.2) is 77.3 Å². The van der Waals surface area contributed by atoms with E-state index < -0.39 is 0 Å². The second kappa shape index (κ2) is 6.80. The predicted molar refractivity (Wildman–Crippen MR) is 96.0 cm³/mol. The lowest BCUT2D eigenvalue weighted by Crippen LogP contribution is -2.01. The summed E-state index contributed by atoms with van der Waals surface area (Å²) in [6.45, 7) is 0. The van der Waals surface area contributed by atoms with Gasteiger partial charge in [0.15, 0.2) is 5.78 Å². The summed E-state index contributed by atoms with van der Waals surface area (Å²) >= 11 is 3.43. The van der Waals surface area contributed by atoms with Gasteiger partial charge in [0, 0.05) is 15.6 Å². The topological polar surface area (TPSA) is 26.3 Å². The summed E-state index contributed by atoms with van der Waals surface area (Å²) in [5, 5.41) is 0. The van der Waals surface area contributed by atoms with Crippen molar-refractivity contribution >= 4 is 21.7 Å². The zero-order valence-corrected chi connectivity index (χ0v) is 14.2. The van der Waals surface area contributed by atoms with Gasteiger partial charge in [-0.05, 0) is 47.5 Å². The number of ether oxygens (including phenoxy) is 1. The number of hydrogen-bond acceptors (Lipinski definition) is 2. The summed E-state index contributed by atoms with van der Waals surface area (Å²) in [5.74, 6) is 0.752. The van der Waals surface area contributed by atoms with Gasteiger partial charge in [-0.3, -0.25) is 4.79 Å². The van der Waals surface area contributed by atoms with Crippen molar-refractivity contribution in [2.24, 2.45) is 0 Å². The Morgan fingerprint density at radius 2 is 1.17 bits per heavy atom. The maximum absolute atomic E-state index is 12.5. The first-order valence-corrected chi connectivity index (χ1v) is 8.01. The second-order valence-corrected chi connectivity index (χ2v) is 6.06. The molecule has 0 aliphatic carbocycles. The molecule has 3 heteroatoms. The Balaban J connectivity index is 1.83. The van der Waals surface area contributed by atoms with Crippen LogP contribution in [0.3, 0.4) is 0 Å². The largest absolute Gasteiger partial charge is 0.497 e. The Hall–Kier alpha value is -2.39. The van der Waals surface area contributed by atoms with Gasteiger partial charge in [-0.25, -0.2) is 0 Å². The third kappa shape index (κ3) is 3.51. The lowest BCUT2D eigenvalue weighted by atomic mass is 9.99. The van der Waals surface area contributed by atoms with Gasteiger partial charge in [0.1, 0.15) is 5.75 Å². The summed E-state index contributed by atoms with van der Waals surface area (Å²) in [6.07, 6.45) is 0. The summed E-state index contributed by atoms with van der Waals surface area (Å²) in [4.78, 5) is 12.5. The smallest absolute Gasteiger partial charge is 0.193 e. The fraction of sp³-hybridized carbons (Fsp3) is 0.0500. The quantitative estimate of drug-likeness (QED) is 0.581. The Labute approximate surface area is 143 Å². The molecule has 114 valence electrons. The van der Waals surface area contributed by atoms with E-state index in [1.54, 1.807) is 31.4 Å². The highest BCUT2D eigenvalue weighted by Crippen LogP contribution is 2.23. The van der Waals surface area contributed by atoms with Crippen molar-refractivity contribution in [2.45, 2.75) is 0 Å². The lowest BCUT2D eigenvalue weighted by molar-refractivity contribution is 0.103. The van der Waals surface area contributed by atoms with Gasteiger partial charge in [0.2, 0.25) is 0 Å². The van der Waals surface area contributed by atoms with Gasteiger partial charge in [-0.2, -0.15) is 0 Å². The number of benzene rings is 3. The average molecular weight is 367 g/mol. The second-order valence-electron chi connectivity index (χ2n) is 5.14. The van der Waals surface area contributed by atoms with E-state index in [4.69, 9.17) is 4.74 Å². The number of rotatable bonds is 4. The van der Waals surface area contributed by atoms with E-state index >= 15 is 0 Å². The van der Waals surface area contributed by atoms with Gasteiger partial charge in [-0.15, -0.1) is 0 Å². The minimum atomic E-state index is 0.00927. The molecule has 0 saturated carbocycles. The van der Waals surface area contributed by atoms with Gasteiger partial charge in [-0.1, -0.05) is 52.3 Å². The zero-order chi connectivity index (χ0) is 16.2. The lowest BCUT2D eigenvalue weighted by Gasteiger charge is -2.05. The Morgan fingerprint density at radius 3 is 1.65 bits per heavy atom. The minimum Gasteiger partial charge on any atom is -0.497 e. The van der Waals surface area contributed by atoms with E-state index in [0.717, 1.165) is 21.3 Å². The van der Waals surface area contributed by atoms with Crippen molar-refractivity contribution in [3.8, 4) is 16.9 Å². The van der Waals surface area contributed by atoms with Crippen LogP contribution in [0.2, 0.25) is 0 Å². The molecule has 0 N–H and O–H groups in total. The van der Waals surface area contributed by atoms with E-state index in [1.165, 1.54) is 0 Å². The van der Waals surface area contributed by atoms with Crippen molar-refractivity contribution in [1.82, 2.24) is 0 Å². The molecule has 0 heterocycles. The minimum absolute atomic E-state index is 0.00927. The summed E-state index contributed by atoms with van der Waals surface area (Å²) in [5.41, 5.74) is 3.54. The molecular formula is C20H15BrO2. The van der Waals surface area contributed by atoms with Crippen molar-refractivity contribution < 1.29 is 9.53 Å². The number of ketones is 1. The van der Waals surface area contributed by atoms with Crippen molar-refractivity contribution in [2.75, 3.05) is 7.11 Å². The highest BCUT2D eigenvalue weighted by atomic mass is 79.9. The van der Waals surface area contributed by atoms with Gasteiger partial charge in [0.25, 0.3) is 0 Å². The van der Waals surface area contributed by atoms with Crippen molar-refractivity contribution in [3.63, 3.8) is 0 Å². The molecule has 0 aromatic heterocycles. The van der Waals surface area contributed by atoms with E-state index in [-0.39, 0.29) is 5.78 Å². The molecule has 23 heavy (non-hydrogen) atoms. The molecule has 3 aromatic rings. The first-order chi connectivity index (χ1) is 11.2. The van der Waals surface area contributed by atoms with Crippen LogP contribution >= 0.6 is 15.9 Å². The maximum atomic E-state index is 12.5. The molecule has 0 atom stereocenters. The monoisotopic (exact) mass is 366 g/mol. The fourth-order valence-corrected chi connectivity index (χ4v) is 2.63. The molecule has 0 spiro atoms. The van der Waals surface area contributed by atoms with Crippen LogP contribution in [-0.4, -0.2) is 12.9 Å². The summed E-state index contributed by atoms with van der Waals surface area (Å²) in [6, 6.07) is 22.9. The highest BCUT2D eigenvalue weighted by Gasteiger charge is 2.09. The number of carbonyl (C=O) groups is 1. The normalized spacial score (nSPS) is 10.3. The molecule has 0 saturated heterocycles. The fourth-order valence-electron chi connectivity index (χ4n) is 2.37. The first kappa shape index (κ1) is 15.5. The number of hydrogen-bond donors (Lipinski definition) is 0. The molecule has 0 aliphatic heterocycles. The third-order valence-electron chi connectivity index (χ3n) is 3.68. The van der Waals surface area contributed by atoms with Gasteiger partial charge < -0.3 is 4.74 Å². The van der Waals surface area contributed by atoms with E-state index in [2.05, 4.69) is 15.9 Å². The molecule has 0 radical (unpaired) electrons. The number of halogens is 1. The Morgan fingerprint density at radius 1 is 0.739 bits per heavy atom. The highest BCUT2D eigenvalue weighted by molar-refractivity contribution is 9.10. The summed E-state index contributed by atoms with van der Waals surface area (Å²) < 4.78 is 6.16. The van der Waals surface area contributed by atoms with Crippen LogP contribution in [0.5, 0.6) is 5.75 Å². The standard InChI is InChI=1S/C20H15BrO2/c1-23-19-12-8-17(9-13-19)20(22)16-4-2-14(3-5-16)15-6-10-18(21)11-7-15/h2-13H,1H3. The van der Waals surface area contributed by atoms with Gasteiger partial charge in [0.05, 0.1) is 7.11 Å². The molecule has 0 amide bonds. The van der Waals surface area contributed by atoms with Gasteiger partial charge >= 0.3 is 0 Å². The van der Waals surface area contributed by atoms with E-state index in [9.17, 15) is 4.79 Å². The molecule has 2 nitrogen and oxygen atoms in total. The summed E-state index contributed by atoms with van der Waals surface area (Å²) in [7, 11) is 1.61. The molecule has 0 fully saturated rings. The molecule has 3 aromatic carbocycles. The SMILES string of the molecule is COc1ccc(C(=O)c2ccc(-c3ccc(Br)cc3)cc2)cc1. The van der Waals surface area contributed by atoms with Crippen LogP contribution in [0.25, 0.3) is 11.1 Å². The van der Waals surface area contributed by atoms with Crippen molar-refractivity contribution in [1.29, 1.82) is 0 Å². The van der Waals surface area contributed by atoms with Crippen LogP contribution in [0.4, 0.5) is 0 Å². The number of carbonyl (C=O) groups excluding carboxylic acids is 1. The van der Waals surface area contributed by atoms with Crippen LogP contribution < -0.4 is 4.74 Å². The maximum Gasteiger partial charge on any atom is 0.193 e. The Bertz CT molecular complexity index is 804. The first-order valence-electron chi connectivity index (χ1n) is 7.22. The molecule has 0 aliphatic rings. The van der Waals surface area contributed by atoms with Crippen molar-refractivity contribution in [3.05, 3.63) is 88.4 Å². The van der Waals surface area contributed by atoms with Crippen LogP contribution in [0, 0.1) is 0 Å².